The van der Waals surface area contributed by atoms with Crippen LogP contribution in [0.3, 0.4) is 0 Å². The molecular weight excluding hydrogens is 102 g/mol. The third kappa shape index (κ3) is 4.09. The Kier molecular flexibility index (Phi) is 3.83. The van der Waals surface area contributed by atoms with Gasteiger partial charge in [0.2, 0.25) is 0 Å². The summed E-state index contributed by atoms with van der Waals surface area (Å²) in [6, 6.07) is 0. The summed E-state index contributed by atoms with van der Waals surface area (Å²) in [5.74, 6) is 0. The second-order valence-electron chi connectivity index (χ2n) is 2.05. The van der Waals surface area contributed by atoms with Gasteiger partial charge in [0.05, 0.1) is 12.6 Å². The zero-order valence-electron chi connectivity index (χ0n) is 6.01. The lowest BCUT2D eigenvalue weighted by atomic mass is 10.4. The van der Waals surface area contributed by atoms with Gasteiger partial charge in [0.15, 0.2) is 0 Å². The van der Waals surface area contributed by atoms with Gasteiger partial charge in [0.1, 0.15) is 0 Å². The largest absolute Gasteiger partial charge is 0.380 e. The summed E-state index contributed by atoms with van der Waals surface area (Å²) in [4.78, 5) is 1.98. The average molecular weight is 116 g/mol. The number of likely N-dealkylation sites (N-methyl/N-ethyl adjacent to an activating group) is 1. The van der Waals surface area contributed by atoms with Crippen molar-refractivity contribution in [3.8, 4) is 0 Å². The van der Waals surface area contributed by atoms with Crippen molar-refractivity contribution in [2.75, 3.05) is 21.2 Å². The Morgan fingerprint density at radius 2 is 2.00 bits per heavy atom. The molecule has 0 bridgehead atoms. The standard InChI is InChI=1S/C6H14NO/c1-6(8-4)5-7(2)3/h5-6H,1-4H3. The topological polar surface area (TPSA) is 12.5 Å². The van der Waals surface area contributed by atoms with E-state index < -0.39 is 0 Å². The van der Waals surface area contributed by atoms with E-state index in [-0.39, 0.29) is 6.10 Å². The summed E-state index contributed by atoms with van der Waals surface area (Å²) in [5, 5.41) is 0. The third-order valence-electron chi connectivity index (χ3n) is 0.880. The molecule has 2 heteroatoms. The first-order chi connectivity index (χ1) is 3.66. The van der Waals surface area contributed by atoms with E-state index in [0.29, 0.717) is 0 Å². The van der Waals surface area contributed by atoms with E-state index in [4.69, 9.17) is 4.74 Å². The maximum Gasteiger partial charge on any atom is 0.0714 e. The minimum Gasteiger partial charge on any atom is -0.380 e. The quantitative estimate of drug-likeness (QED) is 0.539. The van der Waals surface area contributed by atoms with Crippen molar-refractivity contribution in [1.82, 2.24) is 4.90 Å². The highest BCUT2D eigenvalue weighted by Crippen LogP contribution is 1.93. The highest BCUT2D eigenvalue weighted by Gasteiger charge is 1.98. The normalized spacial score (nSPS) is 14.6. The molecule has 49 valence electrons. The van der Waals surface area contributed by atoms with Crippen LogP contribution in [0.5, 0.6) is 0 Å². The van der Waals surface area contributed by atoms with E-state index in [1.165, 1.54) is 0 Å². The van der Waals surface area contributed by atoms with Crippen LogP contribution in [0.4, 0.5) is 0 Å². The van der Waals surface area contributed by atoms with Gasteiger partial charge in [-0.3, -0.25) is 0 Å². The molecule has 8 heavy (non-hydrogen) atoms. The lowest BCUT2D eigenvalue weighted by molar-refractivity contribution is 0.121. The van der Waals surface area contributed by atoms with Crippen molar-refractivity contribution < 1.29 is 4.74 Å². The first-order valence-corrected chi connectivity index (χ1v) is 2.71. The molecule has 0 aliphatic rings. The lowest BCUT2D eigenvalue weighted by Gasteiger charge is -2.13. The van der Waals surface area contributed by atoms with Crippen molar-refractivity contribution in [1.29, 1.82) is 0 Å². The third-order valence-corrected chi connectivity index (χ3v) is 0.880. The molecule has 1 radical (unpaired) electrons. The molecule has 0 aliphatic carbocycles. The van der Waals surface area contributed by atoms with Gasteiger partial charge in [-0.2, -0.15) is 0 Å². The molecule has 0 N–H and O–H groups in total. The Morgan fingerprint density at radius 3 is 2.12 bits per heavy atom. The van der Waals surface area contributed by atoms with Crippen LogP contribution in [-0.2, 0) is 4.74 Å². The average Bonchev–Trinajstić information content (AvgIpc) is 1.65. The molecule has 0 saturated heterocycles. The summed E-state index contributed by atoms with van der Waals surface area (Å²) >= 11 is 0. The van der Waals surface area contributed by atoms with Gasteiger partial charge in [-0.15, -0.1) is 0 Å². The monoisotopic (exact) mass is 116 g/mol. The fourth-order valence-electron chi connectivity index (χ4n) is 0.481. The maximum atomic E-state index is 4.96. The van der Waals surface area contributed by atoms with Crippen molar-refractivity contribution in [2.45, 2.75) is 13.0 Å². The predicted octanol–water partition coefficient (Wildman–Crippen LogP) is 0.745. The number of hydrogen-bond acceptors (Lipinski definition) is 2. The Labute approximate surface area is 51.4 Å². The van der Waals surface area contributed by atoms with Crippen molar-refractivity contribution in [2.24, 2.45) is 0 Å². The molecule has 0 fully saturated rings. The molecule has 0 spiro atoms. The van der Waals surface area contributed by atoms with E-state index in [9.17, 15) is 0 Å². The zero-order chi connectivity index (χ0) is 6.57. The molecule has 1 atom stereocenters. The molecule has 0 saturated carbocycles. The van der Waals surface area contributed by atoms with Crippen LogP contribution in [0.25, 0.3) is 0 Å². The van der Waals surface area contributed by atoms with E-state index in [2.05, 4.69) is 0 Å². The van der Waals surface area contributed by atoms with Crippen LogP contribution < -0.4 is 0 Å². The minimum atomic E-state index is 0.227. The first-order valence-electron chi connectivity index (χ1n) is 2.71. The molecule has 2 nitrogen and oxygen atoms in total. The van der Waals surface area contributed by atoms with Gasteiger partial charge >= 0.3 is 0 Å². The second kappa shape index (κ2) is 3.87. The fourth-order valence-corrected chi connectivity index (χ4v) is 0.481. The Balaban J connectivity index is 3.10. The van der Waals surface area contributed by atoms with Crippen LogP contribution in [-0.4, -0.2) is 32.2 Å². The van der Waals surface area contributed by atoms with Crippen LogP contribution in [0.15, 0.2) is 0 Å². The SMILES string of the molecule is COC(C)[CH]N(C)C. The van der Waals surface area contributed by atoms with Crippen molar-refractivity contribution in [3.63, 3.8) is 0 Å². The predicted molar refractivity (Wildman–Crippen MR) is 34.5 cm³/mol. The van der Waals surface area contributed by atoms with Gasteiger partial charge in [0, 0.05) is 7.11 Å². The maximum absolute atomic E-state index is 4.96. The molecule has 0 aromatic heterocycles. The van der Waals surface area contributed by atoms with Crippen LogP contribution in [0.1, 0.15) is 6.92 Å². The Bertz CT molecular complexity index is 54.5. The van der Waals surface area contributed by atoms with Gasteiger partial charge in [-0.25, -0.2) is 0 Å². The number of nitrogens with zero attached hydrogens (tertiary/aromatic N) is 1. The van der Waals surface area contributed by atoms with E-state index in [1.807, 2.05) is 32.5 Å². The van der Waals surface area contributed by atoms with Gasteiger partial charge in [0.25, 0.3) is 0 Å². The minimum absolute atomic E-state index is 0.227. The molecule has 0 aromatic rings. The van der Waals surface area contributed by atoms with E-state index >= 15 is 0 Å². The summed E-state index contributed by atoms with van der Waals surface area (Å²) in [5.41, 5.74) is 0. The van der Waals surface area contributed by atoms with Gasteiger partial charge in [-0.05, 0) is 21.0 Å². The summed E-state index contributed by atoms with van der Waals surface area (Å²) in [6.45, 7) is 4.00. The number of methoxy groups -OCH3 is 1. The van der Waals surface area contributed by atoms with Gasteiger partial charge < -0.3 is 9.64 Å². The second-order valence-corrected chi connectivity index (χ2v) is 2.05. The molecular formula is C6H14NO. The zero-order valence-corrected chi connectivity index (χ0v) is 6.01. The van der Waals surface area contributed by atoms with Crippen LogP contribution in [0, 0.1) is 6.54 Å². The van der Waals surface area contributed by atoms with Gasteiger partial charge in [-0.1, -0.05) is 0 Å². The highest BCUT2D eigenvalue weighted by atomic mass is 16.5. The van der Waals surface area contributed by atoms with E-state index in [1.54, 1.807) is 7.11 Å². The van der Waals surface area contributed by atoms with Crippen molar-refractivity contribution >= 4 is 0 Å². The lowest BCUT2D eigenvalue weighted by Crippen LogP contribution is -2.18. The number of rotatable bonds is 3. The summed E-state index contributed by atoms with van der Waals surface area (Å²) in [7, 11) is 5.66. The number of hydrogen-bond donors (Lipinski definition) is 0. The fraction of sp³-hybridized carbons (Fsp3) is 0.833. The Hall–Kier alpha value is -0.0800. The van der Waals surface area contributed by atoms with Crippen molar-refractivity contribution in [3.05, 3.63) is 6.54 Å². The molecule has 1 unspecified atom stereocenters. The molecule has 0 rings (SSSR count). The number of ether oxygens (including phenoxy) is 1. The summed E-state index contributed by atoms with van der Waals surface area (Å²) in [6.07, 6.45) is 0.227. The Morgan fingerprint density at radius 1 is 1.50 bits per heavy atom. The smallest absolute Gasteiger partial charge is 0.0714 e. The summed E-state index contributed by atoms with van der Waals surface area (Å²) < 4.78 is 4.96. The van der Waals surface area contributed by atoms with E-state index in [0.717, 1.165) is 0 Å². The molecule has 0 aromatic carbocycles. The van der Waals surface area contributed by atoms with Crippen LogP contribution in [0.2, 0.25) is 0 Å². The molecule has 0 heterocycles. The molecule has 0 amide bonds. The first kappa shape index (κ1) is 7.92. The highest BCUT2D eigenvalue weighted by molar-refractivity contribution is 4.67. The van der Waals surface area contributed by atoms with Crippen LogP contribution >= 0.6 is 0 Å². The molecule has 0 aliphatic heterocycles.